The minimum atomic E-state index is 0.547. The Morgan fingerprint density at radius 3 is 3.00 bits per heavy atom. The van der Waals surface area contributed by atoms with Crippen LogP contribution in [0.2, 0.25) is 0 Å². The van der Waals surface area contributed by atoms with Gasteiger partial charge in [-0.05, 0) is 38.6 Å². The molecule has 1 unspecified atom stereocenters. The Hall–Kier alpha value is -1.06. The molecule has 3 heteroatoms. The molecule has 1 aliphatic rings. The number of benzene rings is 1. The van der Waals surface area contributed by atoms with Crippen molar-refractivity contribution in [1.82, 2.24) is 4.90 Å². The summed E-state index contributed by atoms with van der Waals surface area (Å²) in [6.07, 6.45) is 1.04. The van der Waals surface area contributed by atoms with Crippen LogP contribution in [0.1, 0.15) is 25.0 Å². The molecule has 1 aromatic carbocycles. The molecule has 0 aliphatic carbocycles. The molecule has 0 fully saturated rings. The van der Waals surface area contributed by atoms with Crippen molar-refractivity contribution >= 4 is 0 Å². The van der Waals surface area contributed by atoms with Gasteiger partial charge in [-0.25, -0.2) is 0 Å². The third-order valence-corrected chi connectivity index (χ3v) is 3.28. The zero-order valence-electron chi connectivity index (χ0n) is 10.2. The first kappa shape index (κ1) is 11.4. The van der Waals surface area contributed by atoms with E-state index < -0.39 is 0 Å². The van der Waals surface area contributed by atoms with Crippen LogP contribution < -0.4 is 4.89 Å². The average Bonchev–Trinajstić information content (AvgIpc) is 2.75. The lowest BCUT2D eigenvalue weighted by molar-refractivity contribution is -0.194. The molecule has 16 heavy (non-hydrogen) atoms. The van der Waals surface area contributed by atoms with Gasteiger partial charge in [-0.15, -0.1) is 0 Å². The molecule has 0 amide bonds. The lowest BCUT2D eigenvalue weighted by atomic mass is 10.0. The van der Waals surface area contributed by atoms with Crippen molar-refractivity contribution in [3.63, 3.8) is 0 Å². The standard InChI is InChI=1S/C13H19NO2/c1-4-14(3)10(2)7-11-5-6-12-9-15-16-13(12)8-11/h5-6,8,10H,4,7,9H2,1-3H3. The van der Waals surface area contributed by atoms with E-state index in [0.29, 0.717) is 12.6 Å². The first-order valence-electron chi connectivity index (χ1n) is 5.82. The summed E-state index contributed by atoms with van der Waals surface area (Å²) in [7, 11) is 2.15. The summed E-state index contributed by atoms with van der Waals surface area (Å²) >= 11 is 0. The maximum Gasteiger partial charge on any atom is 0.171 e. The molecule has 88 valence electrons. The maximum atomic E-state index is 5.09. The average molecular weight is 221 g/mol. The van der Waals surface area contributed by atoms with E-state index in [2.05, 4.69) is 44.0 Å². The molecule has 1 aromatic rings. The topological polar surface area (TPSA) is 21.7 Å². The molecule has 0 spiro atoms. The van der Waals surface area contributed by atoms with Crippen LogP contribution in [0, 0.1) is 0 Å². The second-order valence-electron chi connectivity index (χ2n) is 4.41. The van der Waals surface area contributed by atoms with Crippen LogP contribution in [0.15, 0.2) is 18.2 Å². The third kappa shape index (κ3) is 2.36. The highest BCUT2D eigenvalue weighted by atomic mass is 17.2. The normalized spacial score (nSPS) is 16.0. The van der Waals surface area contributed by atoms with Gasteiger partial charge in [-0.2, -0.15) is 4.89 Å². The van der Waals surface area contributed by atoms with Crippen LogP contribution in [0.3, 0.4) is 0 Å². The summed E-state index contributed by atoms with van der Waals surface area (Å²) in [5, 5.41) is 0. The van der Waals surface area contributed by atoms with E-state index in [-0.39, 0.29) is 0 Å². The zero-order chi connectivity index (χ0) is 11.5. The number of nitrogens with zero attached hydrogens (tertiary/aromatic N) is 1. The monoisotopic (exact) mass is 221 g/mol. The molecule has 2 rings (SSSR count). The fourth-order valence-electron chi connectivity index (χ4n) is 1.89. The highest BCUT2D eigenvalue weighted by Gasteiger charge is 2.15. The van der Waals surface area contributed by atoms with Gasteiger partial charge in [0.1, 0.15) is 6.61 Å². The van der Waals surface area contributed by atoms with Crippen LogP contribution in [0.25, 0.3) is 0 Å². The first-order valence-corrected chi connectivity index (χ1v) is 5.82. The Kier molecular flexibility index (Phi) is 3.46. The van der Waals surface area contributed by atoms with Crippen LogP contribution in [-0.2, 0) is 17.9 Å². The Balaban J connectivity index is 2.05. The van der Waals surface area contributed by atoms with Crippen molar-refractivity contribution in [3.8, 4) is 5.75 Å². The predicted molar refractivity (Wildman–Crippen MR) is 63.3 cm³/mol. The van der Waals surface area contributed by atoms with Crippen LogP contribution in [-0.4, -0.2) is 24.5 Å². The molecular formula is C13H19NO2. The number of likely N-dealkylation sites (N-methyl/N-ethyl adjacent to an activating group) is 1. The van der Waals surface area contributed by atoms with Crippen molar-refractivity contribution < 1.29 is 9.78 Å². The molecule has 1 atom stereocenters. The fraction of sp³-hybridized carbons (Fsp3) is 0.538. The Morgan fingerprint density at radius 1 is 1.44 bits per heavy atom. The SMILES string of the molecule is CCN(C)C(C)Cc1ccc2c(c1)OOC2. The van der Waals surface area contributed by atoms with Gasteiger partial charge < -0.3 is 9.79 Å². The van der Waals surface area contributed by atoms with Gasteiger partial charge in [0.25, 0.3) is 0 Å². The summed E-state index contributed by atoms with van der Waals surface area (Å²) in [6, 6.07) is 6.89. The predicted octanol–water partition coefficient (Wildman–Crippen LogP) is 2.39. The molecule has 1 heterocycles. The largest absolute Gasteiger partial charge is 0.337 e. The Bertz CT molecular complexity index is 365. The molecule has 3 nitrogen and oxygen atoms in total. The van der Waals surface area contributed by atoms with Gasteiger partial charge >= 0.3 is 0 Å². The molecule has 0 saturated carbocycles. The second kappa shape index (κ2) is 4.85. The smallest absolute Gasteiger partial charge is 0.171 e. The minimum Gasteiger partial charge on any atom is -0.337 e. The number of hydrogen-bond acceptors (Lipinski definition) is 3. The van der Waals surface area contributed by atoms with Crippen molar-refractivity contribution in [2.45, 2.75) is 32.9 Å². The fourth-order valence-corrected chi connectivity index (χ4v) is 1.89. The van der Waals surface area contributed by atoms with Crippen molar-refractivity contribution in [1.29, 1.82) is 0 Å². The molecule has 0 aromatic heterocycles. The second-order valence-corrected chi connectivity index (χ2v) is 4.41. The van der Waals surface area contributed by atoms with Gasteiger partial charge in [0.2, 0.25) is 0 Å². The van der Waals surface area contributed by atoms with Gasteiger partial charge in [0, 0.05) is 11.6 Å². The van der Waals surface area contributed by atoms with Crippen molar-refractivity contribution in [3.05, 3.63) is 29.3 Å². The van der Waals surface area contributed by atoms with Gasteiger partial charge in [0.15, 0.2) is 5.75 Å². The van der Waals surface area contributed by atoms with Crippen molar-refractivity contribution in [2.24, 2.45) is 0 Å². The summed E-state index contributed by atoms with van der Waals surface area (Å²) in [5.41, 5.74) is 2.44. The van der Waals surface area contributed by atoms with Crippen LogP contribution >= 0.6 is 0 Å². The maximum absolute atomic E-state index is 5.09. The summed E-state index contributed by atoms with van der Waals surface area (Å²) in [6.45, 7) is 6.07. The highest BCUT2D eigenvalue weighted by Crippen LogP contribution is 2.27. The summed E-state index contributed by atoms with van der Waals surface area (Å²) < 4.78 is 0. The Morgan fingerprint density at radius 2 is 2.25 bits per heavy atom. The lowest BCUT2D eigenvalue weighted by Gasteiger charge is -2.23. The van der Waals surface area contributed by atoms with Crippen LogP contribution in [0.5, 0.6) is 5.75 Å². The van der Waals surface area contributed by atoms with Gasteiger partial charge in [0.05, 0.1) is 0 Å². The molecule has 1 aliphatic heterocycles. The molecular weight excluding hydrogens is 202 g/mol. The van der Waals surface area contributed by atoms with Gasteiger partial charge in [-0.1, -0.05) is 19.1 Å². The number of fused-ring (bicyclic) bond motifs is 1. The molecule has 0 bridgehead atoms. The Labute approximate surface area is 96.9 Å². The van der Waals surface area contributed by atoms with Gasteiger partial charge in [-0.3, -0.25) is 0 Å². The van der Waals surface area contributed by atoms with E-state index in [1.165, 1.54) is 5.56 Å². The molecule has 0 saturated heterocycles. The quantitative estimate of drug-likeness (QED) is 0.729. The first-order chi connectivity index (χ1) is 7.70. The molecule has 0 radical (unpaired) electrons. The lowest BCUT2D eigenvalue weighted by Crippen LogP contribution is -2.30. The van der Waals surface area contributed by atoms with E-state index in [1.807, 2.05) is 0 Å². The minimum absolute atomic E-state index is 0.547. The van der Waals surface area contributed by atoms with E-state index in [9.17, 15) is 0 Å². The summed E-state index contributed by atoms with van der Waals surface area (Å²) in [4.78, 5) is 12.4. The number of hydrogen-bond donors (Lipinski definition) is 0. The zero-order valence-corrected chi connectivity index (χ0v) is 10.2. The number of rotatable bonds is 4. The third-order valence-electron chi connectivity index (χ3n) is 3.28. The van der Waals surface area contributed by atoms with E-state index in [0.717, 1.165) is 24.3 Å². The summed E-state index contributed by atoms with van der Waals surface area (Å²) in [5.74, 6) is 0.879. The molecule has 0 N–H and O–H groups in total. The van der Waals surface area contributed by atoms with Crippen molar-refractivity contribution in [2.75, 3.05) is 13.6 Å². The van der Waals surface area contributed by atoms with E-state index in [1.54, 1.807) is 0 Å². The van der Waals surface area contributed by atoms with E-state index >= 15 is 0 Å². The van der Waals surface area contributed by atoms with E-state index in [4.69, 9.17) is 9.78 Å². The van der Waals surface area contributed by atoms with Crippen LogP contribution in [0.4, 0.5) is 0 Å². The highest BCUT2D eigenvalue weighted by molar-refractivity contribution is 5.38.